The molecule has 0 aromatic heterocycles. The fourth-order valence-electron chi connectivity index (χ4n) is 5.75. The van der Waals surface area contributed by atoms with Crippen LogP contribution >= 0.6 is 11.8 Å². The molecule has 4 rings (SSSR count). The molecule has 13 nitrogen and oxygen atoms in total. The Hall–Kier alpha value is -4.09. The second kappa shape index (κ2) is 16.7. The van der Waals surface area contributed by atoms with E-state index in [1.165, 1.54) is 42.3 Å². The van der Waals surface area contributed by atoms with Crippen molar-refractivity contribution in [3.63, 3.8) is 0 Å². The van der Waals surface area contributed by atoms with Crippen LogP contribution in [-0.4, -0.2) is 81.3 Å². The summed E-state index contributed by atoms with van der Waals surface area (Å²) in [7, 11) is -3.39. The van der Waals surface area contributed by atoms with E-state index in [-0.39, 0.29) is 29.1 Å². The average Bonchev–Trinajstić information content (AvgIpc) is 3.50. The van der Waals surface area contributed by atoms with Crippen LogP contribution in [0.25, 0.3) is 0 Å². The summed E-state index contributed by atoms with van der Waals surface area (Å²) >= 11 is 1.35. The van der Waals surface area contributed by atoms with Crippen molar-refractivity contribution >= 4 is 60.4 Å². The van der Waals surface area contributed by atoms with Gasteiger partial charge in [0.2, 0.25) is 10.0 Å². The molecule has 2 amide bonds. The molecule has 2 aromatic carbocycles. The molecule has 2 aromatic rings. The highest BCUT2D eigenvalue weighted by molar-refractivity contribution is 8.14. The number of allylic oxidation sites excluding steroid dienone is 5. The number of carbonyl (C=O) groups excluding carboxylic acids is 3. The molecule has 280 valence electrons. The van der Waals surface area contributed by atoms with Crippen LogP contribution in [0.2, 0.25) is 0 Å². The van der Waals surface area contributed by atoms with Gasteiger partial charge in [-0.2, -0.15) is 8.42 Å². The van der Waals surface area contributed by atoms with E-state index in [1.807, 2.05) is 51.2 Å². The molecule has 2 aliphatic rings. The maximum absolute atomic E-state index is 12.7. The van der Waals surface area contributed by atoms with E-state index >= 15 is 0 Å². The first-order valence-corrected chi connectivity index (χ1v) is 20.3. The minimum Gasteiger partial charge on any atom is -0.344 e. The van der Waals surface area contributed by atoms with E-state index in [1.54, 1.807) is 31.3 Å². The minimum atomic E-state index is -4.43. The lowest BCUT2D eigenvalue weighted by molar-refractivity contribution is -0.197. The number of hydrogen-bond donors (Lipinski definition) is 1. The average molecular weight is 773 g/mol. The maximum atomic E-state index is 12.7. The largest absolute Gasteiger partial charge is 0.344 e. The van der Waals surface area contributed by atoms with Crippen LogP contribution in [0.5, 0.6) is 0 Å². The SMILES string of the molecule is C\N=C(/C=C/C=C/C=C1/N(CCCCCC(=O)ON2C(=O)CCC2=O)c2ccc(S(=O)(=O)O)cc2C1(C)C)Sc1cc(S(=O)(=O)N(C)C)ccc1C. The molecule has 1 fully saturated rings. The summed E-state index contributed by atoms with van der Waals surface area (Å²) in [5, 5.41) is 1.21. The van der Waals surface area contributed by atoms with Crippen LogP contribution in [-0.2, 0) is 44.8 Å². The normalized spacial score (nSPS) is 17.4. The van der Waals surface area contributed by atoms with Gasteiger partial charge in [-0.15, -0.1) is 5.06 Å². The first kappa shape index (κ1) is 40.7. The molecule has 0 bridgehead atoms. The number of hydrogen-bond acceptors (Lipinski definition) is 11. The number of carbonyl (C=O) groups is 3. The van der Waals surface area contributed by atoms with E-state index in [9.17, 15) is 35.8 Å². The van der Waals surface area contributed by atoms with Crippen LogP contribution in [0.15, 0.2) is 92.2 Å². The van der Waals surface area contributed by atoms with Crippen molar-refractivity contribution < 1.29 is 40.6 Å². The Morgan fingerprint density at radius 2 is 1.65 bits per heavy atom. The quantitative estimate of drug-likeness (QED) is 0.0484. The summed E-state index contributed by atoms with van der Waals surface area (Å²) in [4.78, 5) is 47.8. The third-order valence-corrected chi connectivity index (χ3v) is 12.6. The summed E-state index contributed by atoms with van der Waals surface area (Å²) in [6.07, 6.45) is 11.1. The van der Waals surface area contributed by atoms with Gasteiger partial charge in [0.15, 0.2) is 0 Å². The second-order valence-corrected chi connectivity index (χ2v) is 17.6. The number of unbranched alkanes of at least 4 members (excludes halogenated alkanes) is 2. The summed E-state index contributed by atoms with van der Waals surface area (Å²) in [6.45, 7) is 6.38. The Kier molecular flexibility index (Phi) is 13.1. The zero-order chi connectivity index (χ0) is 38.4. The van der Waals surface area contributed by atoms with Gasteiger partial charge in [-0.1, -0.05) is 56.3 Å². The second-order valence-electron chi connectivity index (χ2n) is 13.0. The van der Waals surface area contributed by atoms with Gasteiger partial charge in [-0.3, -0.25) is 19.1 Å². The Morgan fingerprint density at radius 3 is 2.29 bits per heavy atom. The molecule has 1 saturated heterocycles. The van der Waals surface area contributed by atoms with Crippen molar-refractivity contribution in [3.8, 4) is 0 Å². The third-order valence-electron chi connectivity index (χ3n) is 8.71. The number of rotatable bonds is 14. The van der Waals surface area contributed by atoms with Gasteiger partial charge in [0, 0.05) is 68.6 Å². The fraction of sp³-hybridized carbons (Fsp3) is 0.389. The topological polar surface area (TPSA) is 171 Å². The summed E-state index contributed by atoms with van der Waals surface area (Å²) in [5.74, 6) is -1.70. The minimum absolute atomic E-state index is 0.0297. The molecule has 1 N–H and O–H groups in total. The van der Waals surface area contributed by atoms with Crippen LogP contribution in [0, 0.1) is 6.92 Å². The molecule has 0 spiro atoms. The number of nitrogens with zero attached hydrogens (tertiary/aromatic N) is 4. The number of anilines is 1. The highest BCUT2D eigenvalue weighted by atomic mass is 32.2. The van der Waals surface area contributed by atoms with Gasteiger partial charge < -0.3 is 9.74 Å². The van der Waals surface area contributed by atoms with Gasteiger partial charge in [-0.25, -0.2) is 17.5 Å². The van der Waals surface area contributed by atoms with Gasteiger partial charge in [-0.05, 0) is 73.4 Å². The standard InChI is InChI=1S/C36H44N4O9S3/c1-25-16-17-26(51(44,45)38(5)6)24-30(25)50-32(37-4)14-10-7-9-13-31-36(2,3)28-23-27(52(46,47)48)18-19-29(28)39(31)22-12-8-11-15-35(43)49-40-33(41)20-21-34(40)42/h7,9-10,13-14,16-19,23-24H,8,11-12,15,20-22H2,1-6H3,(H,46,47,48)/b9-7+,14-10+,31-13+,37-32+. The molecule has 16 heteroatoms. The highest BCUT2D eigenvalue weighted by Crippen LogP contribution is 2.48. The van der Waals surface area contributed by atoms with Crippen LogP contribution in [0.1, 0.15) is 63.5 Å². The molecule has 2 heterocycles. The number of hydroxylamine groups is 2. The molecule has 0 unspecified atom stereocenters. The van der Waals surface area contributed by atoms with Crippen molar-refractivity contribution in [1.29, 1.82) is 0 Å². The predicted octanol–water partition coefficient (Wildman–Crippen LogP) is 5.57. The summed E-state index contributed by atoms with van der Waals surface area (Å²) < 4.78 is 60.2. The Balaban J connectivity index is 1.48. The molecule has 0 saturated carbocycles. The number of amides is 2. The van der Waals surface area contributed by atoms with Gasteiger partial charge >= 0.3 is 5.97 Å². The zero-order valence-corrected chi connectivity index (χ0v) is 32.5. The number of aliphatic imine (C=N–C) groups is 1. The number of benzene rings is 2. The lowest BCUT2D eigenvalue weighted by atomic mass is 9.83. The molecule has 0 radical (unpaired) electrons. The van der Waals surface area contributed by atoms with Crippen molar-refractivity contribution in [3.05, 3.63) is 83.6 Å². The maximum Gasteiger partial charge on any atom is 0.333 e. The van der Waals surface area contributed by atoms with Crippen molar-refractivity contribution in [2.75, 3.05) is 32.6 Å². The summed E-state index contributed by atoms with van der Waals surface area (Å²) in [6, 6.07) is 9.52. The number of aryl methyl sites for hydroxylation is 1. The molecular formula is C36H44N4O9S3. The van der Waals surface area contributed by atoms with Gasteiger partial charge in [0.1, 0.15) is 0 Å². The first-order valence-electron chi connectivity index (χ1n) is 16.6. The monoisotopic (exact) mass is 772 g/mol. The predicted molar refractivity (Wildman–Crippen MR) is 200 cm³/mol. The Bertz CT molecular complexity index is 2050. The van der Waals surface area contributed by atoms with E-state index in [0.717, 1.165) is 27.4 Å². The number of imide groups is 1. The first-order chi connectivity index (χ1) is 24.4. The van der Waals surface area contributed by atoms with Crippen molar-refractivity contribution in [2.45, 2.75) is 79.4 Å². The molecule has 0 aliphatic carbocycles. The fourth-order valence-corrected chi connectivity index (χ4v) is 8.14. The zero-order valence-electron chi connectivity index (χ0n) is 30.0. The Labute approximate surface area is 309 Å². The lowest BCUT2D eigenvalue weighted by Gasteiger charge is -2.27. The number of sulfonamides is 1. The van der Waals surface area contributed by atoms with Crippen molar-refractivity contribution in [2.24, 2.45) is 4.99 Å². The lowest BCUT2D eigenvalue weighted by Crippen LogP contribution is -2.32. The van der Waals surface area contributed by atoms with Crippen molar-refractivity contribution in [1.82, 2.24) is 9.37 Å². The van der Waals surface area contributed by atoms with Crippen LogP contribution in [0.4, 0.5) is 5.69 Å². The highest BCUT2D eigenvalue weighted by Gasteiger charge is 2.40. The molecule has 52 heavy (non-hydrogen) atoms. The van der Waals surface area contributed by atoms with E-state index in [0.29, 0.717) is 35.9 Å². The number of fused-ring (bicyclic) bond motifs is 1. The molecule has 2 aliphatic heterocycles. The van der Waals surface area contributed by atoms with Crippen LogP contribution < -0.4 is 4.90 Å². The third kappa shape index (κ3) is 9.46. The van der Waals surface area contributed by atoms with E-state index in [2.05, 4.69) is 9.89 Å². The summed E-state index contributed by atoms with van der Waals surface area (Å²) in [5.41, 5.74) is 2.69. The van der Waals surface area contributed by atoms with E-state index < -0.39 is 43.3 Å². The Morgan fingerprint density at radius 1 is 0.981 bits per heavy atom. The molecule has 0 atom stereocenters. The van der Waals surface area contributed by atoms with Crippen LogP contribution in [0.3, 0.4) is 0 Å². The van der Waals surface area contributed by atoms with Gasteiger partial charge in [0.25, 0.3) is 21.9 Å². The number of thioether (sulfide) groups is 1. The smallest absolute Gasteiger partial charge is 0.333 e. The molecular weight excluding hydrogens is 729 g/mol. The van der Waals surface area contributed by atoms with E-state index in [4.69, 9.17) is 4.84 Å². The van der Waals surface area contributed by atoms with Gasteiger partial charge in [0.05, 0.1) is 14.8 Å².